The Bertz CT molecular complexity index is 1300. The molecule has 1 saturated heterocycles. The van der Waals surface area contributed by atoms with Crippen LogP contribution in [0.1, 0.15) is 37.4 Å². The number of rotatable bonds is 9. The van der Waals surface area contributed by atoms with Crippen LogP contribution in [-0.2, 0) is 9.59 Å². The number of carbonyl (C=O) groups is 2. The summed E-state index contributed by atoms with van der Waals surface area (Å²) in [5, 5.41) is 13.2. The van der Waals surface area contributed by atoms with Crippen LogP contribution in [-0.4, -0.2) is 59.9 Å². The van der Waals surface area contributed by atoms with E-state index in [4.69, 9.17) is 4.74 Å². The minimum absolute atomic E-state index is 0.123. The number of benzene rings is 3. The zero-order chi connectivity index (χ0) is 25.8. The number of halogens is 1. The van der Waals surface area contributed by atoms with Gasteiger partial charge in [-0.05, 0) is 72.7 Å². The molecular formula is C29H31BrN2O4. The Morgan fingerprint density at radius 1 is 1.00 bits per heavy atom. The Kier molecular flexibility index (Phi) is 8.11. The van der Waals surface area contributed by atoms with Crippen molar-refractivity contribution in [3.63, 3.8) is 0 Å². The van der Waals surface area contributed by atoms with Crippen molar-refractivity contribution in [1.29, 1.82) is 0 Å². The molecule has 3 aromatic carbocycles. The third kappa shape index (κ3) is 5.18. The van der Waals surface area contributed by atoms with Gasteiger partial charge in [0.2, 0.25) is 0 Å². The highest BCUT2D eigenvalue weighted by atomic mass is 79.9. The second kappa shape index (κ2) is 11.3. The maximum Gasteiger partial charge on any atom is 0.295 e. The lowest BCUT2D eigenvalue weighted by Gasteiger charge is -2.27. The zero-order valence-electron chi connectivity index (χ0n) is 20.8. The molecule has 36 heavy (non-hydrogen) atoms. The van der Waals surface area contributed by atoms with Crippen LogP contribution < -0.4 is 4.74 Å². The summed E-state index contributed by atoms with van der Waals surface area (Å²) in [5.41, 5.74) is 1.40. The van der Waals surface area contributed by atoms with E-state index in [1.54, 1.807) is 18.1 Å². The summed E-state index contributed by atoms with van der Waals surface area (Å²) in [4.78, 5) is 30.4. The van der Waals surface area contributed by atoms with Crippen LogP contribution >= 0.6 is 15.9 Å². The number of carbonyl (C=O) groups excluding carboxylic acids is 2. The van der Waals surface area contributed by atoms with E-state index in [9.17, 15) is 14.7 Å². The number of amides is 1. The molecule has 1 amide bonds. The number of fused-ring (bicyclic) bond motifs is 1. The van der Waals surface area contributed by atoms with Crippen LogP contribution in [0.25, 0.3) is 16.5 Å². The van der Waals surface area contributed by atoms with Crippen molar-refractivity contribution >= 4 is 44.2 Å². The molecule has 3 aromatic rings. The van der Waals surface area contributed by atoms with Gasteiger partial charge in [0, 0.05) is 16.6 Å². The molecule has 6 nitrogen and oxygen atoms in total. The Morgan fingerprint density at radius 3 is 2.33 bits per heavy atom. The molecular weight excluding hydrogens is 520 g/mol. The van der Waals surface area contributed by atoms with Gasteiger partial charge in [-0.1, -0.05) is 60.1 Å². The summed E-state index contributed by atoms with van der Waals surface area (Å²) in [5.74, 6) is -0.650. The molecule has 1 aliphatic heterocycles. The smallest absolute Gasteiger partial charge is 0.295 e. The Morgan fingerprint density at radius 2 is 1.67 bits per heavy atom. The number of ether oxygens (including phenoxy) is 1. The second-order valence-corrected chi connectivity index (χ2v) is 9.77. The average molecular weight is 551 g/mol. The quantitative estimate of drug-likeness (QED) is 0.208. The van der Waals surface area contributed by atoms with E-state index < -0.39 is 17.7 Å². The molecule has 7 heteroatoms. The summed E-state index contributed by atoms with van der Waals surface area (Å²) >= 11 is 3.46. The first kappa shape index (κ1) is 25.9. The van der Waals surface area contributed by atoms with E-state index in [1.807, 2.05) is 54.6 Å². The normalized spacial score (nSPS) is 17.4. The van der Waals surface area contributed by atoms with Crippen molar-refractivity contribution in [2.75, 3.05) is 33.3 Å². The monoisotopic (exact) mass is 550 g/mol. The highest BCUT2D eigenvalue weighted by Gasteiger charge is 2.45. The van der Waals surface area contributed by atoms with E-state index in [-0.39, 0.29) is 11.3 Å². The molecule has 0 aromatic heterocycles. The van der Waals surface area contributed by atoms with E-state index in [1.165, 1.54) is 0 Å². The third-order valence-corrected chi connectivity index (χ3v) is 7.34. The van der Waals surface area contributed by atoms with E-state index in [0.29, 0.717) is 12.1 Å². The SMILES string of the molecule is CCN(CC)CCCN1C(=O)C(=O)/C(=C(/O)c2ccc3cc(OC)ccc3c2)C1c1ccc(Br)cc1. The van der Waals surface area contributed by atoms with Gasteiger partial charge in [-0.25, -0.2) is 0 Å². The summed E-state index contributed by atoms with van der Waals surface area (Å²) < 4.78 is 6.20. The number of aliphatic hydroxyl groups is 1. The highest BCUT2D eigenvalue weighted by molar-refractivity contribution is 9.10. The number of hydrogen-bond acceptors (Lipinski definition) is 5. The molecule has 1 N–H and O–H groups in total. The first-order valence-electron chi connectivity index (χ1n) is 12.2. The van der Waals surface area contributed by atoms with Gasteiger partial charge in [0.1, 0.15) is 11.5 Å². The lowest BCUT2D eigenvalue weighted by molar-refractivity contribution is -0.140. The van der Waals surface area contributed by atoms with Crippen LogP contribution in [0.2, 0.25) is 0 Å². The molecule has 4 rings (SSSR count). The van der Waals surface area contributed by atoms with E-state index in [0.717, 1.165) is 52.6 Å². The van der Waals surface area contributed by atoms with Gasteiger partial charge >= 0.3 is 0 Å². The van der Waals surface area contributed by atoms with Crippen molar-refractivity contribution in [2.45, 2.75) is 26.3 Å². The largest absolute Gasteiger partial charge is 0.507 e. The summed E-state index contributed by atoms with van der Waals surface area (Å²) in [6, 6.07) is 18.0. The fourth-order valence-electron chi connectivity index (χ4n) is 4.76. The molecule has 1 aliphatic rings. The summed E-state index contributed by atoms with van der Waals surface area (Å²) in [6.45, 7) is 7.33. The van der Waals surface area contributed by atoms with Crippen molar-refractivity contribution in [2.24, 2.45) is 0 Å². The molecule has 1 heterocycles. The number of methoxy groups -OCH3 is 1. The molecule has 1 atom stereocenters. The molecule has 0 radical (unpaired) electrons. The highest BCUT2D eigenvalue weighted by Crippen LogP contribution is 2.40. The van der Waals surface area contributed by atoms with Crippen LogP contribution in [0.5, 0.6) is 5.75 Å². The maximum atomic E-state index is 13.3. The predicted octanol–water partition coefficient (Wildman–Crippen LogP) is 5.76. The molecule has 1 fully saturated rings. The van der Waals surface area contributed by atoms with Crippen molar-refractivity contribution in [1.82, 2.24) is 9.80 Å². The fraction of sp³-hybridized carbons (Fsp3) is 0.310. The lowest BCUT2D eigenvalue weighted by Crippen LogP contribution is -2.33. The maximum absolute atomic E-state index is 13.3. The standard InChI is InChI=1S/C29H31BrN2O4/c1-4-31(5-2)15-6-16-32-26(19-9-12-23(30)13-10-19)25(28(34)29(32)35)27(33)22-8-7-21-18-24(36-3)14-11-20(21)17-22/h7-14,17-18,26,33H,4-6,15-16H2,1-3H3/b27-25+. The number of Topliss-reactive ketones (excluding diaryl/α,β-unsaturated/α-hetero) is 1. The Labute approximate surface area is 220 Å². The minimum Gasteiger partial charge on any atom is -0.507 e. The van der Waals surface area contributed by atoms with Crippen LogP contribution in [0, 0.1) is 0 Å². The van der Waals surface area contributed by atoms with E-state index >= 15 is 0 Å². The average Bonchev–Trinajstić information content (AvgIpc) is 3.15. The Hall–Kier alpha value is -3.16. The van der Waals surface area contributed by atoms with Crippen LogP contribution in [0.3, 0.4) is 0 Å². The van der Waals surface area contributed by atoms with Gasteiger partial charge in [0.15, 0.2) is 0 Å². The molecule has 0 saturated carbocycles. The molecule has 1 unspecified atom stereocenters. The molecule has 0 aliphatic carbocycles. The van der Waals surface area contributed by atoms with Crippen molar-refractivity contribution < 1.29 is 19.4 Å². The number of nitrogens with zero attached hydrogens (tertiary/aromatic N) is 2. The van der Waals surface area contributed by atoms with Gasteiger partial charge in [-0.15, -0.1) is 0 Å². The van der Waals surface area contributed by atoms with E-state index in [2.05, 4.69) is 34.7 Å². The number of likely N-dealkylation sites (tertiary alicyclic amines) is 1. The fourth-order valence-corrected chi connectivity index (χ4v) is 5.02. The molecule has 0 bridgehead atoms. The molecule has 0 spiro atoms. The van der Waals surface area contributed by atoms with Gasteiger partial charge < -0.3 is 19.6 Å². The third-order valence-electron chi connectivity index (χ3n) is 6.81. The van der Waals surface area contributed by atoms with Gasteiger partial charge in [0.25, 0.3) is 11.7 Å². The summed E-state index contributed by atoms with van der Waals surface area (Å²) in [6.07, 6.45) is 0.736. The van der Waals surface area contributed by atoms with Crippen LogP contribution in [0.15, 0.2) is 70.7 Å². The van der Waals surface area contributed by atoms with Crippen molar-refractivity contribution in [3.05, 3.63) is 81.8 Å². The lowest BCUT2D eigenvalue weighted by atomic mass is 9.94. The van der Waals surface area contributed by atoms with Gasteiger partial charge in [-0.3, -0.25) is 9.59 Å². The second-order valence-electron chi connectivity index (χ2n) is 8.85. The number of aliphatic hydroxyl groups excluding tert-OH is 1. The van der Waals surface area contributed by atoms with Gasteiger partial charge in [-0.2, -0.15) is 0 Å². The first-order valence-corrected chi connectivity index (χ1v) is 13.0. The predicted molar refractivity (Wildman–Crippen MR) is 146 cm³/mol. The van der Waals surface area contributed by atoms with Crippen LogP contribution in [0.4, 0.5) is 0 Å². The van der Waals surface area contributed by atoms with Crippen molar-refractivity contribution in [3.8, 4) is 5.75 Å². The zero-order valence-corrected chi connectivity index (χ0v) is 22.4. The Balaban J connectivity index is 1.76. The number of hydrogen-bond donors (Lipinski definition) is 1. The van der Waals surface area contributed by atoms with Gasteiger partial charge in [0.05, 0.1) is 18.7 Å². The number of ketones is 1. The minimum atomic E-state index is -0.655. The topological polar surface area (TPSA) is 70.1 Å². The first-order chi connectivity index (χ1) is 17.4. The summed E-state index contributed by atoms with van der Waals surface area (Å²) in [7, 11) is 1.62. The molecule has 188 valence electrons.